The fourth-order valence-electron chi connectivity index (χ4n) is 7.00. The van der Waals surface area contributed by atoms with E-state index in [0.29, 0.717) is 78.8 Å². The molecule has 0 spiro atoms. The van der Waals surface area contributed by atoms with Gasteiger partial charge in [0.25, 0.3) is 11.8 Å². The Bertz CT molecular complexity index is 2280. The molecule has 10 bridgehead atoms. The number of para-hydroxylation sites is 2. The summed E-state index contributed by atoms with van der Waals surface area (Å²) in [7, 11) is 0. The number of rotatable bonds is 4. The number of ether oxygens (including phenoxy) is 2. The van der Waals surface area contributed by atoms with Crippen molar-refractivity contribution in [2.75, 3.05) is 26.3 Å². The Kier molecular flexibility index (Phi) is 11.1. The first kappa shape index (κ1) is 37.4. The van der Waals surface area contributed by atoms with Crippen LogP contribution < -0.4 is 20.1 Å². The Labute approximate surface area is 333 Å². The summed E-state index contributed by atoms with van der Waals surface area (Å²) < 4.78 is 12.7. The highest BCUT2D eigenvalue weighted by Gasteiger charge is 2.23. The maximum Gasteiger partial charge on any atom is 0.258 e. The van der Waals surface area contributed by atoms with Gasteiger partial charge in [0.15, 0.2) is 13.2 Å². The van der Waals surface area contributed by atoms with Gasteiger partial charge in [0.2, 0.25) is 0 Å². The highest BCUT2D eigenvalue weighted by atomic mass is 16.5. The van der Waals surface area contributed by atoms with E-state index in [2.05, 4.69) is 41.1 Å². The number of nitrogens with zero attached hydrogens (tertiary/aromatic N) is 6. The number of hydrogen-bond acceptors (Lipinski definition) is 12. The molecule has 6 aromatic rings. The van der Waals surface area contributed by atoms with Crippen LogP contribution in [0, 0.1) is 0 Å². The largest absolute Gasteiger partial charge is 0.507 e. The van der Waals surface area contributed by atoms with Crippen LogP contribution in [-0.2, 0) is 35.3 Å². The van der Waals surface area contributed by atoms with Gasteiger partial charge < -0.3 is 30.3 Å². The van der Waals surface area contributed by atoms with Gasteiger partial charge in [0, 0.05) is 73.4 Å². The summed E-state index contributed by atoms with van der Waals surface area (Å²) in [4.78, 5) is 34.4. The Morgan fingerprint density at radius 2 is 0.845 bits per heavy atom. The third kappa shape index (κ3) is 8.81. The lowest BCUT2D eigenvalue weighted by Crippen LogP contribution is -2.38. The molecule has 4 aromatic carbocycles. The van der Waals surface area contributed by atoms with Gasteiger partial charge in [-0.15, -0.1) is 10.2 Å². The number of aromatic hydroxyl groups is 2. The van der Waals surface area contributed by atoms with Gasteiger partial charge in [-0.05, 0) is 70.8 Å². The lowest BCUT2D eigenvalue weighted by molar-refractivity contribution is -0.124. The van der Waals surface area contributed by atoms with Crippen LogP contribution in [0.4, 0.5) is 22.7 Å². The van der Waals surface area contributed by atoms with E-state index >= 15 is 0 Å². The normalized spacial score (nSPS) is 14.6. The molecule has 1 aliphatic carbocycles. The van der Waals surface area contributed by atoms with Crippen molar-refractivity contribution in [2.45, 2.75) is 25.7 Å². The van der Waals surface area contributed by atoms with Gasteiger partial charge in [0.1, 0.15) is 34.4 Å². The van der Waals surface area contributed by atoms with Gasteiger partial charge in [-0.3, -0.25) is 19.6 Å². The predicted octanol–water partition coefficient (Wildman–Crippen LogP) is 7.40. The van der Waals surface area contributed by atoms with Crippen molar-refractivity contribution in [3.05, 3.63) is 154 Å². The number of amides is 2. The van der Waals surface area contributed by atoms with Crippen LogP contribution >= 0.6 is 0 Å². The Hall–Kier alpha value is -7.48. The standard InChI is InChI=1S/C44H38N8O6/c53-39-25-57-43-27-5-1-6-28(43)16-32-20-38(52-50-36-10-4-12-46-24-36)22-34(42(32)56)18-30-8-2-7-29(44(30)58-26-40(54)48-14-13-47-39)17-33-21-37(19-31(15-27)41(33)55)51-49-35-9-3-11-45-23-35/h1-12,19-24,55-56H,13-18,25-26H2,(H,47,53)(H,48,54). The van der Waals surface area contributed by atoms with Crippen molar-refractivity contribution in [1.29, 1.82) is 0 Å². The van der Waals surface area contributed by atoms with Crippen LogP contribution in [0.25, 0.3) is 0 Å². The fraction of sp³-hybridized carbons (Fsp3) is 0.182. The maximum absolute atomic E-state index is 13.1. The Morgan fingerprint density at radius 1 is 0.483 bits per heavy atom. The van der Waals surface area contributed by atoms with Crippen molar-refractivity contribution in [1.82, 2.24) is 20.6 Å². The topological polar surface area (TPSA) is 192 Å². The average Bonchev–Trinajstić information content (AvgIpc) is 3.23. The summed E-state index contributed by atoms with van der Waals surface area (Å²) in [6.45, 7) is -0.302. The quantitative estimate of drug-likeness (QED) is 0.105. The SMILES string of the molecule is O=C1COc2c3cccc2Cc2cc(N=Nc4cccnc4)cc(c2O)Cc2cccc(c2OCC(=O)NCCN1)Cc1cc(N=Nc2cccnc2)cc(c1O)C3. The zero-order valence-electron chi connectivity index (χ0n) is 31.3. The van der Waals surface area contributed by atoms with E-state index in [1.165, 1.54) is 0 Å². The zero-order chi connectivity index (χ0) is 39.8. The molecule has 0 saturated heterocycles. The summed E-state index contributed by atoms with van der Waals surface area (Å²) >= 11 is 0. The molecule has 14 nitrogen and oxygen atoms in total. The number of pyridine rings is 2. The second-order valence-electron chi connectivity index (χ2n) is 13.8. The number of carbonyl (C=O) groups is 2. The fourth-order valence-corrected chi connectivity index (χ4v) is 7.00. The molecule has 2 aliphatic heterocycles. The summed E-state index contributed by atoms with van der Waals surface area (Å²) in [6.07, 6.45) is 7.28. The van der Waals surface area contributed by atoms with Crippen molar-refractivity contribution >= 4 is 34.6 Å². The summed E-state index contributed by atoms with van der Waals surface area (Å²) in [6, 6.07) is 25.4. The van der Waals surface area contributed by atoms with Gasteiger partial charge in [-0.25, -0.2) is 0 Å². The lowest BCUT2D eigenvalue weighted by atomic mass is 9.91. The van der Waals surface area contributed by atoms with Gasteiger partial charge >= 0.3 is 0 Å². The molecule has 2 amide bonds. The maximum atomic E-state index is 13.1. The van der Waals surface area contributed by atoms with E-state index in [4.69, 9.17) is 9.47 Å². The van der Waals surface area contributed by atoms with Crippen molar-refractivity contribution in [3.8, 4) is 23.0 Å². The van der Waals surface area contributed by atoms with E-state index in [1.807, 2.05) is 36.4 Å². The number of phenolic OH excluding ortho intramolecular Hbond substituents is 2. The molecule has 3 aliphatic rings. The number of benzene rings is 4. The van der Waals surface area contributed by atoms with Crippen LogP contribution in [-0.4, -0.2) is 58.3 Å². The number of aromatic nitrogens is 2. The first-order chi connectivity index (χ1) is 28.4. The van der Waals surface area contributed by atoms with Crippen molar-refractivity contribution in [2.24, 2.45) is 20.5 Å². The molecule has 14 heteroatoms. The first-order valence-corrected chi connectivity index (χ1v) is 18.7. The van der Waals surface area contributed by atoms with Crippen LogP contribution in [0.1, 0.15) is 44.5 Å². The Morgan fingerprint density at radius 3 is 1.19 bits per heavy atom. The minimum absolute atomic E-state index is 0.0417. The first-order valence-electron chi connectivity index (χ1n) is 18.7. The number of nitrogens with one attached hydrogen (secondary N) is 2. The third-order valence-electron chi connectivity index (χ3n) is 9.70. The monoisotopic (exact) mass is 774 g/mol. The summed E-state index contributed by atoms with van der Waals surface area (Å²) in [5.74, 6) is 0.130. The van der Waals surface area contributed by atoms with E-state index in [-0.39, 0.29) is 63.5 Å². The number of azo groups is 2. The lowest BCUT2D eigenvalue weighted by Gasteiger charge is -2.20. The number of hydrogen-bond donors (Lipinski definition) is 4. The Balaban J connectivity index is 1.34. The average molecular weight is 775 g/mol. The van der Waals surface area contributed by atoms with E-state index in [0.717, 1.165) is 0 Å². The van der Waals surface area contributed by atoms with E-state index in [1.54, 1.807) is 73.3 Å². The molecule has 4 N–H and O–H groups in total. The minimum Gasteiger partial charge on any atom is -0.507 e. The zero-order valence-corrected chi connectivity index (χ0v) is 31.3. The smallest absolute Gasteiger partial charge is 0.258 e. The van der Waals surface area contributed by atoms with Crippen LogP contribution in [0.5, 0.6) is 23.0 Å². The van der Waals surface area contributed by atoms with Gasteiger partial charge in [-0.2, -0.15) is 10.2 Å². The number of fused-ring (bicyclic) bond motifs is 9. The molecule has 4 heterocycles. The highest BCUT2D eigenvalue weighted by Crippen LogP contribution is 2.41. The molecular weight excluding hydrogens is 737 g/mol. The molecule has 0 unspecified atom stereocenters. The molecule has 0 atom stereocenters. The van der Waals surface area contributed by atoms with Crippen LogP contribution in [0.15, 0.2) is 130 Å². The molecule has 9 rings (SSSR count). The van der Waals surface area contributed by atoms with Crippen LogP contribution in [0.2, 0.25) is 0 Å². The minimum atomic E-state index is -0.397. The molecule has 2 aromatic heterocycles. The predicted molar refractivity (Wildman–Crippen MR) is 214 cm³/mol. The third-order valence-corrected chi connectivity index (χ3v) is 9.70. The second-order valence-corrected chi connectivity index (χ2v) is 13.8. The van der Waals surface area contributed by atoms with E-state index < -0.39 is 11.8 Å². The summed E-state index contributed by atoms with van der Waals surface area (Å²) in [5, 5.41) is 47.4. The molecule has 58 heavy (non-hydrogen) atoms. The molecule has 290 valence electrons. The van der Waals surface area contributed by atoms with Crippen LogP contribution in [0.3, 0.4) is 0 Å². The summed E-state index contributed by atoms with van der Waals surface area (Å²) in [5.41, 5.74) is 6.97. The van der Waals surface area contributed by atoms with Crippen molar-refractivity contribution in [3.63, 3.8) is 0 Å². The molecule has 0 saturated carbocycles. The highest BCUT2D eigenvalue weighted by molar-refractivity contribution is 5.79. The number of phenols is 2. The van der Waals surface area contributed by atoms with E-state index in [9.17, 15) is 19.8 Å². The second kappa shape index (κ2) is 17.1. The van der Waals surface area contributed by atoms with Gasteiger partial charge in [0.05, 0.1) is 23.8 Å². The number of carbonyl (C=O) groups excluding carboxylic acids is 2. The molecule has 0 radical (unpaired) electrons. The van der Waals surface area contributed by atoms with Gasteiger partial charge in [-0.1, -0.05) is 36.4 Å². The molecular formula is C44H38N8O6. The molecule has 0 fully saturated rings. The van der Waals surface area contributed by atoms with Crippen molar-refractivity contribution < 1.29 is 29.3 Å².